The van der Waals surface area contributed by atoms with E-state index in [9.17, 15) is 5.11 Å². The second kappa shape index (κ2) is 6.17. The summed E-state index contributed by atoms with van der Waals surface area (Å²) in [5.74, 6) is 0.770. The first-order valence-electron chi connectivity index (χ1n) is 7.17. The number of nitrogens with zero attached hydrogens (tertiary/aromatic N) is 1. The van der Waals surface area contributed by atoms with E-state index in [0.717, 1.165) is 51.5 Å². The fraction of sp³-hybridized carbons (Fsp3) is 1.00. The summed E-state index contributed by atoms with van der Waals surface area (Å²) in [6.07, 6.45) is 7.87. The van der Waals surface area contributed by atoms with E-state index < -0.39 is 0 Å². The van der Waals surface area contributed by atoms with Crippen molar-refractivity contribution in [2.45, 2.75) is 50.5 Å². The van der Waals surface area contributed by atoms with Crippen molar-refractivity contribution in [3.05, 3.63) is 0 Å². The van der Waals surface area contributed by atoms with Gasteiger partial charge in [-0.1, -0.05) is 12.8 Å². The molecule has 0 radical (unpaired) electrons. The molecule has 0 aromatic carbocycles. The van der Waals surface area contributed by atoms with Gasteiger partial charge in [0.15, 0.2) is 0 Å². The molecule has 1 aliphatic heterocycles. The lowest BCUT2D eigenvalue weighted by molar-refractivity contribution is 0.0299. The van der Waals surface area contributed by atoms with Crippen molar-refractivity contribution in [1.29, 1.82) is 0 Å². The van der Waals surface area contributed by atoms with Gasteiger partial charge in [-0.25, -0.2) is 0 Å². The van der Waals surface area contributed by atoms with Crippen LogP contribution in [0.25, 0.3) is 0 Å². The highest BCUT2D eigenvalue weighted by molar-refractivity contribution is 4.84. The highest BCUT2D eigenvalue weighted by Crippen LogP contribution is 2.32. The molecule has 1 saturated heterocycles. The molecule has 1 N–H and O–H groups in total. The predicted octanol–water partition coefficient (Wildman–Crippen LogP) is 2.04. The van der Waals surface area contributed by atoms with Crippen LogP contribution in [0.4, 0.5) is 0 Å². The summed E-state index contributed by atoms with van der Waals surface area (Å²) in [5, 5.41) is 10.3. The van der Waals surface area contributed by atoms with Crippen LogP contribution in [0.15, 0.2) is 0 Å². The lowest BCUT2D eigenvalue weighted by atomic mass is 9.97. The zero-order valence-electron chi connectivity index (χ0n) is 11.2. The normalized spacial score (nSPS) is 28.1. The molecule has 1 aliphatic carbocycles. The van der Waals surface area contributed by atoms with Crippen molar-refractivity contribution in [2.75, 3.05) is 33.4 Å². The number of hydrogen-bond donors (Lipinski definition) is 1. The van der Waals surface area contributed by atoms with Gasteiger partial charge < -0.3 is 14.7 Å². The molecule has 0 amide bonds. The van der Waals surface area contributed by atoms with Crippen LogP contribution < -0.4 is 0 Å². The van der Waals surface area contributed by atoms with Gasteiger partial charge in [-0.15, -0.1) is 0 Å². The zero-order valence-corrected chi connectivity index (χ0v) is 11.2. The standard InChI is InChI=1S/C14H27NO2/c1-15(9-4-13-5-11-17-12-13)10-8-14(16)6-2-3-7-14/h13,16H,2-12H2,1H3. The van der Waals surface area contributed by atoms with E-state index in [1.807, 2.05) is 0 Å². The van der Waals surface area contributed by atoms with Gasteiger partial charge in [0.2, 0.25) is 0 Å². The molecule has 3 heteroatoms. The summed E-state index contributed by atoms with van der Waals surface area (Å²) in [6.45, 7) is 4.08. The smallest absolute Gasteiger partial charge is 0.0660 e. The third kappa shape index (κ3) is 4.23. The van der Waals surface area contributed by atoms with E-state index in [2.05, 4.69) is 11.9 Å². The maximum atomic E-state index is 10.3. The van der Waals surface area contributed by atoms with Gasteiger partial charge in [-0.2, -0.15) is 0 Å². The lowest BCUT2D eigenvalue weighted by Crippen LogP contribution is -2.32. The molecule has 1 atom stereocenters. The predicted molar refractivity (Wildman–Crippen MR) is 69.1 cm³/mol. The molecule has 2 rings (SSSR count). The van der Waals surface area contributed by atoms with E-state index in [1.54, 1.807) is 0 Å². The van der Waals surface area contributed by atoms with Gasteiger partial charge in [0.25, 0.3) is 0 Å². The fourth-order valence-electron chi connectivity index (χ4n) is 3.01. The van der Waals surface area contributed by atoms with Crippen molar-refractivity contribution >= 4 is 0 Å². The zero-order chi connectivity index (χ0) is 12.1. The summed E-state index contributed by atoms with van der Waals surface area (Å²) in [6, 6.07) is 0. The van der Waals surface area contributed by atoms with Gasteiger partial charge in [0, 0.05) is 19.8 Å². The summed E-state index contributed by atoms with van der Waals surface area (Å²) in [5.41, 5.74) is -0.343. The summed E-state index contributed by atoms with van der Waals surface area (Å²) < 4.78 is 5.39. The first-order chi connectivity index (χ1) is 8.18. The topological polar surface area (TPSA) is 32.7 Å². The van der Waals surface area contributed by atoms with Crippen molar-refractivity contribution in [3.8, 4) is 0 Å². The maximum Gasteiger partial charge on any atom is 0.0660 e. The van der Waals surface area contributed by atoms with Crippen molar-refractivity contribution in [3.63, 3.8) is 0 Å². The molecule has 2 aliphatic rings. The molecule has 0 spiro atoms. The van der Waals surface area contributed by atoms with Crippen molar-refractivity contribution in [1.82, 2.24) is 4.90 Å². The van der Waals surface area contributed by atoms with E-state index in [4.69, 9.17) is 4.74 Å². The van der Waals surface area contributed by atoms with Crippen LogP contribution in [-0.4, -0.2) is 49.0 Å². The number of hydrogen-bond acceptors (Lipinski definition) is 3. The van der Waals surface area contributed by atoms with E-state index in [-0.39, 0.29) is 5.60 Å². The minimum atomic E-state index is -0.343. The molecule has 0 aromatic rings. The number of rotatable bonds is 6. The Morgan fingerprint density at radius 3 is 2.71 bits per heavy atom. The molecule has 0 aromatic heterocycles. The summed E-state index contributed by atoms with van der Waals surface area (Å²) in [7, 11) is 2.17. The van der Waals surface area contributed by atoms with Gasteiger partial charge >= 0.3 is 0 Å². The minimum absolute atomic E-state index is 0.343. The molecular weight excluding hydrogens is 214 g/mol. The number of ether oxygens (including phenoxy) is 1. The lowest BCUT2D eigenvalue weighted by Gasteiger charge is -2.26. The van der Waals surface area contributed by atoms with Crippen LogP contribution in [0.1, 0.15) is 44.9 Å². The van der Waals surface area contributed by atoms with Crippen LogP contribution in [0.2, 0.25) is 0 Å². The van der Waals surface area contributed by atoms with Crippen molar-refractivity contribution < 1.29 is 9.84 Å². The molecule has 3 nitrogen and oxygen atoms in total. The third-order valence-electron chi connectivity index (χ3n) is 4.44. The van der Waals surface area contributed by atoms with Crippen LogP contribution >= 0.6 is 0 Å². The van der Waals surface area contributed by atoms with Gasteiger partial charge in [-0.3, -0.25) is 0 Å². The van der Waals surface area contributed by atoms with Gasteiger partial charge in [0.1, 0.15) is 0 Å². The minimum Gasteiger partial charge on any atom is -0.390 e. The molecule has 2 fully saturated rings. The first-order valence-corrected chi connectivity index (χ1v) is 7.17. The Morgan fingerprint density at radius 2 is 2.06 bits per heavy atom. The highest BCUT2D eigenvalue weighted by Gasteiger charge is 2.30. The molecule has 100 valence electrons. The van der Waals surface area contributed by atoms with E-state index in [1.165, 1.54) is 25.7 Å². The molecular formula is C14H27NO2. The first kappa shape index (κ1) is 13.3. The second-order valence-corrected chi connectivity index (χ2v) is 6.00. The van der Waals surface area contributed by atoms with Gasteiger partial charge in [-0.05, 0) is 51.6 Å². The summed E-state index contributed by atoms with van der Waals surface area (Å²) >= 11 is 0. The monoisotopic (exact) mass is 241 g/mol. The van der Waals surface area contributed by atoms with Crippen LogP contribution in [0.5, 0.6) is 0 Å². The number of aliphatic hydroxyl groups is 1. The second-order valence-electron chi connectivity index (χ2n) is 6.00. The summed E-state index contributed by atoms with van der Waals surface area (Å²) in [4.78, 5) is 2.37. The molecule has 17 heavy (non-hydrogen) atoms. The Bertz CT molecular complexity index is 220. The van der Waals surface area contributed by atoms with Crippen LogP contribution in [-0.2, 0) is 4.74 Å². The Kier molecular flexibility index (Phi) is 4.83. The fourth-order valence-corrected chi connectivity index (χ4v) is 3.01. The quantitative estimate of drug-likeness (QED) is 0.772. The molecule has 1 heterocycles. The SMILES string of the molecule is CN(CCC1CCOC1)CCC1(O)CCCC1. The third-order valence-corrected chi connectivity index (χ3v) is 4.44. The molecule has 0 bridgehead atoms. The Balaban J connectivity index is 1.58. The van der Waals surface area contributed by atoms with Gasteiger partial charge in [0.05, 0.1) is 5.60 Å². The van der Waals surface area contributed by atoms with Crippen LogP contribution in [0, 0.1) is 5.92 Å². The Hall–Kier alpha value is -0.120. The molecule has 1 saturated carbocycles. The average molecular weight is 241 g/mol. The maximum absolute atomic E-state index is 10.3. The average Bonchev–Trinajstić information content (AvgIpc) is 2.95. The van der Waals surface area contributed by atoms with E-state index >= 15 is 0 Å². The van der Waals surface area contributed by atoms with Crippen LogP contribution in [0.3, 0.4) is 0 Å². The van der Waals surface area contributed by atoms with Crippen molar-refractivity contribution in [2.24, 2.45) is 5.92 Å². The Labute approximate surface area is 105 Å². The Morgan fingerprint density at radius 1 is 1.29 bits per heavy atom. The molecule has 1 unspecified atom stereocenters. The highest BCUT2D eigenvalue weighted by atomic mass is 16.5. The largest absolute Gasteiger partial charge is 0.390 e. The van der Waals surface area contributed by atoms with E-state index in [0.29, 0.717) is 0 Å².